The van der Waals surface area contributed by atoms with E-state index in [0.717, 1.165) is 41.1 Å². The van der Waals surface area contributed by atoms with Crippen molar-refractivity contribution in [1.82, 2.24) is 30.2 Å². The van der Waals surface area contributed by atoms with E-state index < -0.39 is 90.4 Å². The third kappa shape index (κ3) is 13.4. The molecule has 3 aromatic rings. The minimum Gasteiger partial charge on any atom is -0.386 e. The number of halogens is 1. The second-order valence-electron chi connectivity index (χ2n) is 12.7. The smallest absolute Gasteiger partial charge is 0.386 e. The van der Waals surface area contributed by atoms with Gasteiger partial charge in [-0.3, -0.25) is 32.5 Å². The molecule has 10 N–H and O–H groups in total. The van der Waals surface area contributed by atoms with Gasteiger partial charge in [-0.15, -0.1) is 0 Å². The largest absolute Gasteiger partial charge is 0.481 e. The third-order valence-electron chi connectivity index (χ3n) is 7.81. The van der Waals surface area contributed by atoms with Crippen molar-refractivity contribution in [3.8, 4) is 0 Å². The Hall–Kier alpha value is -3.29. The molecule has 0 spiro atoms. The van der Waals surface area contributed by atoms with Crippen LogP contribution in [-0.2, 0) is 45.9 Å². The average molecular weight is 890 g/mol. The number of carbonyl (C=O) groups excluding carboxylic acids is 3. The van der Waals surface area contributed by atoms with Crippen LogP contribution in [0.3, 0.4) is 0 Å². The van der Waals surface area contributed by atoms with Gasteiger partial charge in [0.15, 0.2) is 17.7 Å². The van der Waals surface area contributed by atoms with Crippen LogP contribution in [0, 0.1) is 11.2 Å². The maximum Gasteiger partial charge on any atom is 0.481 e. The fourth-order valence-corrected chi connectivity index (χ4v) is 8.46. The van der Waals surface area contributed by atoms with Crippen molar-refractivity contribution in [3.63, 3.8) is 0 Å². The van der Waals surface area contributed by atoms with Crippen molar-refractivity contribution in [2.75, 3.05) is 37.8 Å². The number of ether oxygens (including phenoxy) is 1. The topological polar surface area (TPSA) is 364 Å². The zero-order valence-corrected chi connectivity index (χ0v) is 33.3. The molecule has 2 aromatic heterocycles. The van der Waals surface area contributed by atoms with Gasteiger partial charge in [0.05, 0.1) is 19.5 Å². The number of nitrogens with one attached hydrogen (secondary N) is 2. The van der Waals surface area contributed by atoms with Crippen molar-refractivity contribution in [2.45, 2.75) is 50.9 Å². The molecule has 0 radical (unpaired) electrons. The number of hydrogen-bond donors (Lipinski definition) is 9. The maximum absolute atomic E-state index is 13.0. The van der Waals surface area contributed by atoms with E-state index in [2.05, 4.69) is 34.4 Å². The Morgan fingerprint density at radius 1 is 1.04 bits per heavy atom. The number of nitrogens with zero attached hydrogens (tertiary/aromatic N) is 4. The maximum atomic E-state index is 13.0. The van der Waals surface area contributed by atoms with Crippen LogP contribution < -0.4 is 16.4 Å². The summed E-state index contributed by atoms with van der Waals surface area (Å²) in [7, 11) is -16.4. The Morgan fingerprint density at radius 3 is 2.37 bits per heavy atom. The molecule has 2 amide bonds. The van der Waals surface area contributed by atoms with Crippen LogP contribution in [0.25, 0.3) is 11.2 Å². The zero-order chi connectivity index (χ0) is 42.3. The van der Waals surface area contributed by atoms with Gasteiger partial charge in [-0.1, -0.05) is 25.6 Å². The summed E-state index contributed by atoms with van der Waals surface area (Å²) in [5.41, 5.74) is 4.51. The molecule has 0 bridgehead atoms. The minimum absolute atomic E-state index is 0.0221. The Labute approximate surface area is 326 Å². The first-order valence-corrected chi connectivity index (χ1v) is 21.8. The summed E-state index contributed by atoms with van der Waals surface area (Å²) < 4.78 is 75.0. The number of thioether (sulfide) groups is 1. The van der Waals surface area contributed by atoms with Crippen molar-refractivity contribution < 1.29 is 84.9 Å². The molecular formula is C28H39FN7O17P3S. The van der Waals surface area contributed by atoms with Gasteiger partial charge < -0.3 is 50.9 Å². The SMILES string of the molecule is CC(C)(COP(=O)(O)OP(=O)(O)OC[C@H]1O[C@@H](n2cnc3c(N)ncnc32)[C@H](O)[C@@H]1OP(=O)(O)O)C(O)C(=O)NCCC(=O)NCCSC(=O)c1ccc(F)cc1. The molecule has 3 unspecified atom stereocenters. The molecule has 24 nitrogen and oxygen atoms in total. The molecule has 1 aliphatic rings. The number of nitrogens with two attached hydrogens (primary N) is 1. The first-order valence-electron chi connectivity index (χ1n) is 16.3. The van der Waals surface area contributed by atoms with Crippen LogP contribution >= 0.6 is 35.2 Å². The van der Waals surface area contributed by atoms with Crippen molar-refractivity contribution in [3.05, 3.63) is 48.3 Å². The van der Waals surface area contributed by atoms with Gasteiger partial charge in [0.25, 0.3) is 0 Å². The molecular weight excluding hydrogens is 850 g/mol. The van der Waals surface area contributed by atoms with Crippen LogP contribution in [0.4, 0.5) is 10.2 Å². The summed E-state index contributed by atoms with van der Waals surface area (Å²) in [5, 5.41) is 26.0. The van der Waals surface area contributed by atoms with E-state index in [-0.39, 0.29) is 47.4 Å². The first-order chi connectivity index (χ1) is 26.5. The van der Waals surface area contributed by atoms with Gasteiger partial charge in [-0.25, -0.2) is 33.0 Å². The molecule has 57 heavy (non-hydrogen) atoms. The monoisotopic (exact) mass is 889 g/mol. The van der Waals surface area contributed by atoms with Gasteiger partial charge in [-0.2, -0.15) is 4.31 Å². The number of aliphatic hydroxyl groups is 2. The summed E-state index contributed by atoms with van der Waals surface area (Å²) in [6, 6.07) is 4.96. The lowest BCUT2D eigenvalue weighted by molar-refractivity contribution is -0.137. The molecule has 0 aliphatic carbocycles. The number of carbonyl (C=O) groups is 3. The van der Waals surface area contributed by atoms with Gasteiger partial charge in [-0.05, 0) is 24.3 Å². The normalized spacial score (nSPS) is 21.4. The lowest BCUT2D eigenvalue weighted by atomic mass is 9.87. The molecule has 0 saturated carbocycles. The second-order valence-corrected chi connectivity index (χ2v) is 18.0. The van der Waals surface area contributed by atoms with Gasteiger partial charge >= 0.3 is 23.5 Å². The lowest BCUT2D eigenvalue weighted by Gasteiger charge is -2.30. The predicted molar refractivity (Wildman–Crippen MR) is 193 cm³/mol. The highest BCUT2D eigenvalue weighted by Gasteiger charge is 2.50. The number of benzene rings is 1. The third-order valence-corrected chi connectivity index (χ3v) is 11.8. The number of phosphoric ester groups is 3. The number of amides is 2. The Bertz CT molecular complexity index is 2060. The highest BCUT2D eigenvalue weighted by molar-refractivity contribution is 8.14. The van der Waals surface area contributed by atoms with Crippen LogP contribution in [-0.4, -0.2) is 123 Å². The van der Waals surface area contributed by atoms with E-state index in [0.29, 0.717) is 5.56 Å². The molecule has 3 heterocycles. The molecule has 316 valence electrons. The van der Waals surface area contributed by atoms with Crippen molar-refractivity contribution in [1.29, 1.82) is 0 Å². The molecule has 4 rings (SSSR count). The standard InChI is InChI=1S/C28H39FN7O17P3S/c1-28(2,22(39)25(40)32-8-7-18(37)31-9-10-57-27(41)15-3-5-16(29)6-4-15)12-50-56(47,48)53-55(45,46)49-11-17-21(52-54(42,43)44)20(38)26(51-17)36-14-35-19-23(30)33-13-34-24(19)36/h3-6,13-14,17,20-22,26,38-39H,7-12H2,1-2H3,(H,31,37)(H,32,40)(H,45,46)(H,47,48)(H2,30,33,34)(H2,42,43,44)/t17-,20-,21-,22?,26-/m1/s1. The second kappa shape index (κ2) is 19.2. The van der Waals surface area contributed by atoms with Crippen LogP contribution in [0.5, 0.6) is 0 Å². The van der Waals surface area contributed by atoms with Gasteiger partial charge in [0.1, 0.15) is 42.1 Å². The van der Waals surface area contributed by atoms with E-state index in [4.69, 9.17) is 19.5 Å². The van der Waals surface area contributed by atoms with Crippen molar-refractivity contribution in [2.24, 2.45) is 5.41 Å². The number of phosphoric acid groups is 3. The summed E-state index contributed by atoms with van der Waals surface area (Å²) in [6.07, 6.45) is -7.05. The Kier molecular flexibility index (Phi) is 15.6. The number of nitrogen functional groups attached to an aromatic ring is 1. The zero-order valence-electron chi connectivity index (χ0n) is 29.8. The molecule has 7 atom stereocenters. The van der Waals surface area contributed by atoms with E-state index >= 15 is 0 Å². The number of imidazole rings is 1. The average Bonchev–Trinajstić information content (AvgIpc) is 3.68. The minimum atomic E-state index is -5.59. The van der Waals surface area contributed by atoms with Gasteiger partial charge in [0, 0.05) is 36.2 Å². The highest BCUT2D eigenvalue weighted by atomic mass is 32.2. The van der Waals surface area contributed by atoms with Crippen LogP contribution in [0.1, 0.15) is 36.9 Å². The van der Waals surface area contributed by atoms with E-state index in [9.17, 15) is 62.3 Å². The highest BCUT2D eigenvalue weighted by Crippen LogP contribution is 2.61. The summed E-state index contributed by atoms with van der Waals surface area (Å²) in [4.78, 5) is 87.7. The van der Waals surface area contributed by atoms with Gasteiger partial charge in [0.2, 0.25) is 16.9 Å². The van der Waals surface area contributed by atoms with E-state index in [1.165, 1.54) is 26.0 Å². The summed E-state index contributed by atoms with van der Waals surface area (Å²) in [6.45, 7) is 0.273. The molecule has 1 fully saturated rings. The number of fused-ring (bicyclic) bond motifs is 1. The molecule has 29 heteroatoms. The number of aliphatic hydroxyl groups excluding tert-OH is 2. The number of anilines is 1. The quantitative estimate of drug-likeness (QED) is 0.0537. The fraction of sp³-hybridized carbons (Fsp3) is 0.500. The number of aromatic nitrogens is 4. The molecule has 1 aromatic carbocycles. The number of rotatable bonds is 20. The Morgan fingerprint density at radius 2 is 1.70 bits per heavy atom. The first kappa shape index (κ1) is 46.4. The van der Waals surface area contributed by atoms with E-state index in [1.54, 1.807) is 0 Å². The predicted octanol–water partition coefficient (Wildman–Crippen LogP) is 0.118. The van der Waals surface area contributed by atoms with Crippen LogP contribution in [0.2, 0.25) is 0 Å². The lowest BCUT2D eigenvalue weighted by Crippen LogP contribution is -2.46. The summed E-state index contributed by atoms with van der Waals surface area (Å²) in [5.74, 6) is -1.83. The molecule has 1 saturated heterocycles. The summed E-state index contributed by atoms with van der Waals surface area (Å²) >= 11 is 0.907. The fourth-order valence-electron chi connectivity index (χ4n) is 4.94. The Balaban J connectivity index is 1.23. The van der Waals surface area contributed by atoms with Crippen molar-refractivity contribution >= 4 is 69.1 Å². The molecule has 1 aliphatic heterocycles. The number of hydrogen-bond acceptors (Lipinski definition) is 18. The van der Waals surface area contributed by atoms with E-state index in [1.807, 2.05) is 0 Å². The van der Waals surface area contributed by atoms with Crippen LogP contribution in [0.15, 0.2) is 36.9 Å².